The molecule has 1 heterocycles. The van der Waals surface area contributed by atoms with Gasteiger partial charge in [0.05, 0.1) is 28.2 Å². The highest BCUT2D eigenvalue weighted by molar-refractivity contribution is 6.33. The summed E-state index contributed by atoms with van der Waals surface area (Å²) in [5, 5.41) is 0.601. The van der Waals surface area contributed by atoms with Gasteiger partial charge in [-0.3, -0.25) is 0 Å². The minimum atomic E-state index is 0.595. The van der Waals surface area contributed by atoms with Crippen molar-refractivity contribution in [2.45, 2.75) is 6.54 Å². The lowest BCUT2D eigenvalue weighted by atomic mass is 10.1. The lowest BCUT2D eigenvalue weighted by Gasteiger charge is -2.11. The van der Waals surface area contributed by atoms with Gasteiger partial charge in [0.25, 0.3) is 0 Å². The number of imidazole rings is 1. The lowest BCUT2D eigenvalue weighted by molar-refractivity contribution is 0.188. The third-order valence-corrected chi connectivity index (χ3v) is 3.76. The van der Waals surface area contributed by atoms with Crippen LogP contribution in [0.1, 0.15) is 0 Å². The van der Waals surface area contributed by atoms with Crippen LogP contribution < -0.4 is 5.73 Å². The summed E-state index contributed by atoms with van der Waals surface area (Å²) in [5.74, 6) is 0.774. The standard InChI is InChI=1S/C16H16ClN3O/c1-21-10-9-20-14-8-3-2-7-13(14)19-16(20)15-11(17)5-4-6-12(15)18/h2-8H,9-10,18H2,1H3. The van der Waals surface area contributed by atoms with E-state index in [1.165, 1.54) is 0 Å². The number of halogens is 1. The van der Waals surface area contributed by atoms with Crippen molar-refractivity contribution in [2.75, 3.05) is 19.5 Å². The van der Waals surface area contributed by atoms with Crippen LogP contribution in [0.15, 0.2) is 42.5 Å². The average Bonchev–Trinajstić information content (AvgIpc) is 2.83. The maximum Gasteiger partial charge on any atom is 0.144 e. The van der Waals surface area contributed by atoms with Gasteiger partial charge in [-0.25, -0.2) is 4.98 Å². The molecule has 1 aromatic heterocycles. The number of nitrogens with two attached hydrogens (primary N) is 1. The van der Waals surface area contributed by atoms with E-state index < -0.39 is 0 Å². The number of ether oxygens (including phenoxy) is 1. The molecule has 0 spiro atoms. The molecule has 0 amide bonds. The van der Waals surface area contributed by atoms with Crippen molar-refractivity contribution < 1.29 is 4.74 Å². The fraction of sp³-hybridized carbons (Fsp3) is 0.188. The van der Waals surface area contributed by atoms with Crippen LogP contribution in [0.4, 0.5) is 5.69 Å². The molecule has 108 valence electrons. The van der Waals surface area contributed by atoms with Crippen molar-refractivity contribution in [1.29, 1.82) is 0 Å². The quantitative estimate of drug-likeness (QED) is 0.749. The van der Waals surface area contributed by atoms with Crippen LogP contribution in [0.5, 0.6) is 0 Å². The third-order valence-electron chi connectivity index (χ3n) is 3.44. The van der Waals surface area contributed by atoms with Gasteiger partial charge >= 0.3 is 0 Å². The van der Waals surface area contributed by atoms with E-state index in [0.29, 0.717) is 23.9 Å². The Labute approximate surface area is 128 Å². The lowest BCUT2D eigenvalue weighted by Crippen LogP contribution is -2.07. The fourth-order valence-electron chi connectivity index (χ4n) is 2.45. The number of methoxy groups -OCH3 is 1. The number of para-hydroxylation sites is 2. The highest BCUT2D eigenvalue weighted by Gasteiger charge is 2.16. The van der Waals surface area contributed by atoms with Gasteiger partial charge < -0.3 is 15.0 Å². The molecule has 3 aromatic rings. The monoisotopic (exact) mass is 301 g/mol. The summed E-state index contributed by atoms with van der Waals surface area (Å²) >= 11 is 6.33. The van der Waals surface area contributed by atoms with Gasteiger partial charge in [0.1, 0.15) is 5.82 Å². The number of aromatic nitrogens is 2. The predicted octanol–water partition coefficient (Wildman–Crippen LogP) is 3.59. The summed E-state index contributed by atoms with van der Waals surface area (Å²) < 4.78 is 7.30. The molecule has 4 nitrogen and oxygen atoms in total. The largest absolute Gasteiger partial charge is 0.398 e. The molecule has 21 heavy (non-hydrogen) atoms. The first-order valence-electron chi connectivity index (χ1n) is 6.71. The number of rotatable bonds is 4. The van der Waals surface area contributed by atoms with Gasteiger partial charge in [-0.05, 0) is 24.3 Å². The third kappa shape index (κ3) is 2.48. The Balaban J connectivity index is 2.26. The maximum absolute atomic E-state index is 6.33. The number of fused-ring (bicyclic) bond motifs is 1. The van der Waals surface area contributed by atoms with Gasteiger partial charge in [-0.1, -0.05) is 29.8 Å². The van der Waals surface area contributed by atoms with E-state index in [0.717, 1.165) is 22.4 Å². The first-order chi connectivity index (χ1) is 10.2. The van der Waals surface area contributed by atoms with Crippen LogP contribution >= 0.6 is 11.6 Å². The summed E-state index contributed by atoms with van der Waals surface area (Å²) in [6.07, 6.45) is 0. The van der Waals surface area contributed by atoms with Gasteiger partial charge in [0.15, 0.2) is 0 Å². The van der Waals surface area contributed by atoms with Crippen LogP contribution in [-0.2, 0) is 11.3 Å². The first kappa shape index (κ1) is 13.9. The van der Waals surface area contributed by atoms with Crippen LogP contribution in [0.2, 0.25) is 5.02 Å². The van der Waals surface area contributed by atoms with E-state index in [-0.39, 0.29) is 0 Å². The Hall–Kier alpha value is -2.04. The molecule has 0 radical (unpaired) electrons. The number of nitrogen functional groups attached to an aromatic ring is 1. The maximum atomic E-state index is 6.33. The van der Waals surface area contributed by atoms with Crippen LogP contribution in [0.3, 0.4) is 0 Å². The molecule has 0 saturated heterocycles. The Morgan fingerprint density at radius 3 is 2.76 bits per heavy atom. The molecule has 3 rings (SSSR count). The van der Waals surface area contributed by atoms with Crippen LogP contribution in [0, 0.1) is 0 Å². The molecule has 0 saturated carbocycles. The van der Waals surface area contributed by atoms with E-state index in [1.807, 2.05) is 42.5 Å². The Kier molecular flexibility index (Phi) is 3.82. The molecule has 0 unspecified atom stereocenters. The fourth-order valence-corrected chi connectivity index (χ4v) is 2.72. The zero-order valence-corrected chi connectivity index (χ0v) is 12.5. The molecular weight excluding hydrogens is 286 g/mol. The van der Waals surface area contributed by atoms with Crippen molar-refractivity contribution in [3.63, 3.8) is 0 Å². The zero-order valence-electron chi connectivity index (χ0n) is 11.7. The van der Waals surface area contributed by atoms with Crippen LogP contribution in [-0.4, -0.2) is 23.3 Å². The van der Waals surface area contributed by atoms with Gasteiger partial charge in [0.2, 0.25) is 0 Å². The normalized spacial score (nSPS) is 11.1. The van der Waals surface area contributed by atoms with Gasteiger partial charge in [0, 0.05) is 19.3 Å². The van der Waals surface area contributed by atoms with Crippen molar-refractivity contribution in [3.05, 3.63) is 47.5 Å². The Morgan fingerprint density at radius 1 is 1.19 bits per heavy atom. The predicted molar refractivity (Wildman–Crippen MR) is 86.5 cm³/mol. The number of anilines is 1. The van der Waals surface area contributed by atoms with Crippen molar-refractivity contribution >= 4 is 28.3 Å². The molecular formula is C16H16ClN3O. The molecule has 0 aliphatic rings. The molecule has 2 N–H and O–H groups in total. The van der Waals surface area contributed by atoms with Crippen molar-refractivity contribution in [3.8, 4) is 11.4 Å². The van der Waals surface area contributed by atoms with Gasteiger partial charge in [-0.15, -0.1) is 0 Å². The zero-order chi connectivity index (χ0) is 14.8. The first-order valence-corrected chi connectivity index (χ1v) is 7.08. The van der Waals surface area contributed by atoms with Gasteiger partial charge in [-0.2, -0.15) is 0 Å². The van der Waals surface area contributed by atoms with E-state index >= 15 is 0 Å². The van der Waals surface area contributed by atoms with E-state index in [2.05, 4.69) is 4.57 Å². The summed E-state index contributed by atoms with van der Waals surface area (Å²) in [6.45, 7) is 1.29. The summed E-state index contributed by atoms with van der Waals surface area (Å²) in [7, 11) is 1.68. The second-order valence-electron chi connectivity index (χ2n) is 4.77. The molecule has 0 atom stereocenters. The smallest absolute Gasteiger partial charge is 0.144 e. The summed E-state index contributed by atoms with van der Waals surface area (Å²) in [4.78, 5) is 4.70. The summed E-state index contributed by atoms with van der Waals surface area (Å²) in [6, 6.07) is 13.5. The second-order valence-corrected chi connectivity index (χ2v) is 5.18. The Bertz CT molecular complexity index is 762. The number of nitrogens with zero attached hydrogens (tertiary/aromatic N) is 2. The topological polar surface area (TPSA) is 53.1 Å². The van der Waals surface area contributed by atoms with Crippen LogP contribution in [0.25, 0.3) is 22.4 Å². The highest BCUT2D eigenvalue weighted by atomic mass is 35.5. The SMILES string of the molecule is COCCn1c(-c2c(N)cccc2Cl)nc2ccccc21. The highest BCUT2D eigenvalue weighted by Crippen LogP contribution is 2.34. The number of benzene rings is 2. The molecule has 0 aliphatic heterocycles. The average molecular weight is 302 g/mol. The molecule has 2 aromatic carbocycles. The molecule has 0 bridgehead atoms. The van der Waals surface area contributed by atoms with E-state index in [4.69, 9.17) is 27.1 Å². The molecule has 0 fully saturated rings. The minimum Gasteiger partial charge on any atom is -0.398 e. The van der Waals surface area contributed by atoms with Crippen molar-refractivity contribution in [2.24, 2.45) is 0 Å². The number of hydrogen-bond acceptors (Lipinski definition) is 3. The van der Waals surface area contributed by atoms with E-state index in [9.17, 15) is 0 Å². The molecule has 5 heteroatoms. The minimum absolute atomic E-state index is 0.595. The number of hydrogen-bond donors (Lipinski definition) is 1. The Morgan fingerprint density at radius 2 is 2.00 bits per heavy atom. The molecule has 0 aliphatic carbocycles. The summed E-state index contributed by atoms with van der Waals surface area (Å²) in [5.41, 5.74) is 9.46. The second kappa shape index (κ2) is 5.76. The van der Waals surface area contributed by atoms with E-state index in [1.54, 1.807) is 7.11 Å². The van der Waals surface area contributed by atoms with Crippen molar-refractivity contribution in [1.82, 2.24) is 9.55 Å².